The molecule has 3 heterocycles. The minimum Gasteiger partial charge on any atom is -0.494 e. The molecule has 140 valence electrons. The Bertz CT molecular complexity index is 936. The standard InChI is InChI=1S/C21H22FN3O2/c1-27-20-7-6-14(10-16(20)22)11-21(26)25-9-3-4-15(13-25)18-12-19-17(24-18)5-2-8-23-19/h2,5-8,10,12,15,24H,3-4,9,11,13H2,1H3. The Morgan fingerprint density at radius 3 is 3.04 bits per heavy atom. The normalized spacial score (nSPS) is 17.3. The first-order valence-corrected chi connectivity index (χ1v) is 9.18. The fraction of sp³-hybridized carbons (Fsp3) is 0.333. The van der Waals surface area contributed by atoms with E-state index < -0.39 is 5.82 Å². The van der Waals surface area contributed by atoms with Gasteiger partial charge in [-0.2, -0.15) is 0 Å². The monoisotopic (exact) mass is 367 g/mol. The average molecular weight is 367 g/mol. The lowest BCUT2D eigenvalue weighted by Gasteiger charge is -2.32. The molecule has 1 atom stereocenters. The highest BCUT2D eigenvalue weighted by Crippen LogP contribution is 2.29. The molecule has 1 amide bonds. The first kappa shape index (κ1) is 17.5. The predicted molar refractivity (Wildman–Crippen MR) is 101 cm³/mol. The lowest BCUT2D eigenvalue weighted by atomic mass is 9.94. The fourth-order valence-corrected chi connectivity index (χ4v) is 3.76. The number of carbonyl (C=O) groups is 1. The predicted octanol–water partition coefficient (Wildman–Crippen LogP) is 3.66. The van der Waals surface area contributed by atoms with E-state index in [1.54, 1.807) is 18.3 Å². The maximum Gasteiger partial charge on any atom is 0.227 e. The number of aromatic amines is 1. The van der Waals surface area contributed by atoms with Gasteiger partial charge in [0.05, 0.1) is 24.6 Å². The number of methoxy groups -OCH3 is 1. The molecule has 1 aromatic carbocycles. The van der Waals surface area contributed by atoms with Gasteiger partial charge in [0.2, 0.25) is 5.91 Å². The van der Waals surface area contributed by atoms with Crippen molar-refractivity contribution in [3.05, 3.63) is 59.7 Å². The number of aromatic nitrogens is 2. The van der Waals surface area contributed by atoms with E-state index in [9.17, 15) is 9.18 Å². The van der Waals surface area contributed by atoms with Gasteiger partial charge in [0, 0.05) is 30.9 Å². The van der Waals surface area contributed by atoms with Gasteiger partial charge in [0.1, 0.15) is 0 Å². The molecule has 0 radical (unpaired) electrons. The molecular formula is C21H22FN3O2. The minimum atomic E-state index is -0.440. The number of carbonyl (C=O) groups excluding carboxylic acids is 1. The molecule has 27 heavy (non-hydrogen) atoms. The van der Waals surface area contributed by atoms with Crippen LogP contribution in [0.2, 0.25) is 0 Å². The van der Waals surface area contributed by atoms with Crippen LogP contribution >= 0.6 is 0 Å². The molecule has 6 heteroatoms. The van der Waals surface area contributed by atoms with Gasteiger partial charge in [0.15, 0.2) is 11.6 Å². The molecule has 1 aliphatic heterocycles. The van der Waals surface area contributed by atoms with Gasteiger partial charge >= 0.3 is 0 Å². The van der Waals surface area contributed by atoms with E-state index in [0.717, 1.165) is 36.1 Å². The Morgan fingerprint density at radius 1 is 1.37 bits per heavy atom. The summed E-state index contributed by atoms with van der Waals surface area (Å²) in [6, 6.07) is 10.7. The van der Waals surface area contributed by atoms with Crippen LogP contribution in [0.4, 0.5) is 4.39 Å². The van der Waals surface area contributed by atoms with Crippen molar-refractivity contribution in [1.29, 1.82) is 0 Å². The Labute approximate surface area is 157 Å². The molecule has 1 aliphatic rings. The number of nitrogens with zero attached hydrogens (tertiary/aromatic N) is 2. The Hall–Kier alpha value is -2.89. The number of hydrogen-bond donors (Lipinski definition) is 1. The quantitative estimate of drug-likeness (QED) is 0.766. The van der Waals surface area contributed by atoms with E-state index in [0.29, 0.717) is 12.1 Å². The molecule has 1 unspecified atom stereocenters. The number of nitrogens with one attached hydrogen (secondary N) is 1. The number of benzene rings is 1. The summed E-state index contributed by atoms with van der Waals surface area (Å²) >= 11 is 0. The second-order valence-corrected chi connectivity index (χ2v) is 6.99. The highest BCUT2D eigenvalue weighted by Gasteiger charge is 2.26. The first-order valence-electron chi connectivity index (χ1n) is 9.18. The van der Waals surface area contributed by atoms with Gasteiger partial charge in [-0.3, -0.25) is 9.78 Å². The summed E-state index contributed by atoms with van der Waals surface area (Å²) in [6.07, 6.45) is 3.97. The van der Waals surface area contributed by atoms with Gasteiger partial charge < -0.3 is 14.6 Å². The van der Waals surface area contributed by atoms with Crippen molar-refractivity contribution in [2.75, 3.05) is 20.2 Å². The molecule has 3 aromatic rings. The zero-order valence-electron chi connectivity index (χ0n) is 15.2. The largest absolute Gasteiger partial charge is 0.494 e. The van der Waals surface area contributed by atoms with Gasteiger partial charge in [-0.05, 0) is 48.7 Å². The van der Waals surface area contributed by atoms with Crippen molar-refractivity contribution in [3.63, 3.8) is 0 Å². The number of hydrogen-bond acceptors (Lipinski definition) is 3. The van der Waals surface area contributed by atoms with Crippen LogP contribution in [-0.4, -0.2) is 41.0 Å². The fourth-order valence-electron chi connectivity index (χ4n) is 3.76. The summed E-state index contributed by atoms with van der Waals surface area (Å²) in [5.74, 6) is 0.0459. The van der Waals surface area contributed by atoms with Crippen LogP contribution in [-0.2, 0) is 11.2 Å². The number of likely N-dealkylation sites (tertiary alicyclic amines) is 1. The summed E-state index contributed by atoms with van der Waals surface area (Å²) in [5, 5.41) is 0. The van der Waals surface area contributed by atoms with Crippen LogP contribution in [0.5, 0.6) is 5.75 Å². The first-order chi connectivity index (χ1) is 13.1. The highest BCUT2D eigenvalue weighted by molar-refractivity contribution is 5.79. The third kappa shape index (κ3) is 3.65. The number of amides is 1. The molecule has 4 rings (SSSR count). The van der Waals surface area contributed by atoms with Crippen molar-refractivity contribution in [2.45, 2.75) is 25.2 Å². The Morgan fingerprint density at radius 2 is 2.26 bits per heavy atom. The Kier molecular flexibility index (Phi) is 4.79. The lowest BCUT2D eigenvalue weighted by molar-refractivity contribution is -0.131. The van der Waals surface area contributed by atoms with E-state index in [1.807, 2.05) is 17.0 Å². The van der Waals surface area contributed by atoms with Crippen LogP contribution < -0.4 is 4.74 Å². The van der Waals surface area contributed by atoms with Gasteiger partial charge in [-0.1, -0.05) is 6.07 Å². The number of fused-ring (bicyclic) bond motifs is 1. The minimum absolute atomic E-state index is 0.0264. The topological polar surface area (TPSA) is 58.2 Å². The van der Waals surface area contributed by atoms with E-state index in [1.165, 1.54) is 13.2 Å². The van der Waals surface area contributed by atoms with Crippen LogP contribution in [0.3, 0.4) is 0 Å². The number of pyridine rings is 1. The maximum absolute atomic E-state index is 13.9. The zero-order chi connectivity index (χ0) is 18.8. The smallest absolute Gasteiger partial charge is 0.227 e. The molecule has 5 nitrogen and oxygen atoms in total. The van der Waals surface area contributed by atoms with Crippen molar-refractivity contribution < 1.29 is 13.9 Å². The summed E-state index contributed by atoms with van der Waals surface area (Å²) in [6.45, 7) is 1.41. The van der Waals surface area contributed by atoms with Crippen LogP contribution in [0.25, 0.3) is 11.0 Å². The number of halogens is 1. The second-order valence-electron chi connectivity index (χ2n) is 6.99. The van der Waals surface area contributed by atoms with Crippen molar-refractivity contribution in [1.82, 2.24) is 14.9 Å². The van der Waals surface area contributed by atoms with Crippen LogP contribution in [0.15, 0.2) is 42.6 Å². The average Bonchev–Trinajstić information content (AvgIpc) is 3.12. The van der Waals surface area contributed by atoms with E-state index >= 15 is 0 Å². The molecule has 0 saturated carbocycles. The number of ether oxygens (including phenoxy) is 1. The third-order valence-electron chi connectivity index (χ3n) is 5.20. The van der Waals surface area contributed by atoms with Gasteiger partial charge in [-0.25, -0.2) is 4.39 Å². The zero-order valence-corrected chi connectivity index (χ0v) is 15.2. The lowest BCUT2D eigenvalue weighted by Crippen LogP contribution is -2.40. The molecule has 0 spiro atoms. The second kappa shape index (κ2) is 7.39. The number of rotatable bonds is 4. The molecule has 1 saturated heterocycles. The maximum atomic E-state index is 13.9. The molecule has 1 N–H and O–H groups in total. The molecule has 2 aromatic heterocycles. The molecular weight excluding hydrogens is 345 g/mol. The summed E-state index contributed by atoms with van der Waals surface area (Å²) in [4.78, 5) is 22.4. The number of H-pyrrole nitrogens is 1. The summed E-state index contributed by atoms with van der Waals surface area (Å²) in [7, 11) is 1.43. The molecule has 0 aliphatic carbocycles. The molecule has 1 fully saturated rings. The van der Waals surface area contributed by atoms with Crippen molar-refractivity contribution in [2.24, 2.45) is 0 Å². The SMILES string of the molecule is COc1ccc(CC(=O)N2CCCC(c3cc4ncccc4[nH]3)C2)cc1F. The van der Waals surface area contributed by atoms with E-state index in [2.05, 4.69) is 16.0 Å². The van der Waals surface area contributed by atoms with Crippen LogP contribution in [0, 0.1) is 5.82 Å². The van der Waals surface area contributed by atoms with E-state index in [-0.39, 0.29) is 24.0 Å². The summed E-state index contributed by atoms with van der Waals surface area (Å²) < 4.78 is 18.8. The Balaban J connectivity index is 1.45. The highest BCUT2D eigenvalue weighted by atomic mass is 19.1. The van der Waals surface area contributed by atoms with Gasteiger partial charge in [0.25, 0.3) is 0 Å². The van der Waals surface area contributed by atoms with Crippen molar-refractivity contribution >= 4 is 16.9 Å². The van der Waals surface area contributed by atoms with Crippen molar-refractivity contribution in [3.8, 4) is 5.75 Å². The number of piperidine rings is 1. The van der Waals surface area contributed by atoms with Gasteiger partial charge in [-0.15, -0.1) is 0 Å². The molecule has 0 bridgehead atoms. The summed E-state index contributed by atoms with van der Waals surface area (Å²) in [5.41, 5.74) is 3.75. The van der Waals surface area contributed by atoms with E-state index in [4.69, 9.17) is 4.74 Å². The van der Waals surface area contributed by atoms with Crippen LogP contribution in [0.1, 0.15) is 30.0 Å². The third-order valence-corrected chi connectivity index (χ3v) is 5.20.